The topological polar surface area (TPSA) is 57.6 Å². The Balaban J connectivity index is 1.69. The Morgan fingerprint density at radius 1 is 0.914 bits per heavy atom. The lowest BCUT2D eigenvalue weighted by molar-refractivity contribution is -0.115. The molecule has 2 heterocycles. The average Bonchev–Trinajstić information content (AvgIpc) is 3.20. The maximum absolute atomic E-state index is 13.7. The number of carbonyl (C=O) groups excluding carboxylic acids is 2. The van der Waals surface area contributed by atoms with Crippen LogP contribution < -0.4 is 5.32 Å². The number of fused-ring (bicyclic) bond motifs is 1. The van der Waals surface area contributed by atoms with Gasteiger partial charge in [0.2, 0.25) is 5.91 Å². The fourth-order valence-electron chi connectivity index (χ4n) is 4.67. The molecule has 6 heteroatoms. The van der Waals surface area contributed by atoms with Crippen LogP contribution in [0.4, 0.5) is 5.69 Å². The minimum absolute atomic E-state index is 0.0205. The number of hydrogen-bond donors (Lipinski definition) is 1. The molecule has 1 saturated heterocycles. The number of anilines is 1. The van der Waals surface area contributed by atoms with Gasteiger partial charge in [-0.05, 0) is 47.4 Å². The zero-order valence-corrected chi connectivity index (χ0v) is 21.7. The highest BCUT2D eigenvalue weighted by Gasteiger charge is 2.25. The average molecular weight is 475 g/mol. The fraction of sp³-hybridized carbons (Fsp3) is 0.448. The first-order valence-electron chi connectivity index (χ1n) is 12.7. The molecule has 1 aromatic heterocycles. The van der Waals surface area contributed by atoms with Crippen LogP contribution in [0.1, 0.15) is 62.7 Å². The Hall–Kier alpha value is -3.12. The normalized spacial score (nSPS) is 14.9. The minimum Gasteiger partial charge on any atom is -0.335 e. The van der Waals surface area contributed by atoms with Gasteiger partial charge in [0.25, 0.3) is 5.91 Å². The van der Waals surface area contributed by atoms with Crippen molar-refractivity contribution in [3.63, 3.8) is 0 Å². The summed E-state index contributed by atoms with van der Waals surface area (Å²) in [5.41, 5.74) is 4.99. The van der Waals surface area contributed by atoms with E-state index in [0.29, 0.717) is 18.7 Å². The van der Waals surface area contributed by atoms with Crippen molar-refractivity contribution in [2.75, 3.05) is 38.0 Å². The number of carbonyl (C=O) groups is 2. The molecular formula is C29H38N4O2. The number of nitrogens with zero attached hydrogens (tertiary/aromatic N) is 3. The number of piperazine rings is 1. The third kappa shape index (κ3) is 5.59. The zero-order chi connectivity index (χ0) is 25.2. The number of likely N-dealkylation sites (N-methyl/N-ethyl adjacent to an activating group) is 1. The van der Waals surface area contributed by atoms with Gasteiger partial charge in [-0.15, -0.1) is 0 Å². The van der Waals surface area contributed by atoms with Gasteiger partial charge in [-0.1, -0.05) is 58.9 Å². The molecule has 3 aromatic rings. The molecule has 0 saturated carbocycles. The molecule has 1 N–H and O–H groups in total. The molecule has 1 aliphatic heterocycles. The van der Waals surface area contributed by atoms with Crippen LogP contribution in [0.2, 0.25) is 0 Å². The van der Waals surface area contributed by atoms with Gasteiger partial charge in [0.1, 0.15) is 5.69 Å². The van der Waals surface area contributed by atoms with Crippen molar-refractivity contribution < 1.29 is 9.59 Å². The molecule has 0 radical (unpaired) electrons. The monoisotopic (exact) mass is 474 g/mol. The molecule has 0 aliphatic carbocycles. The van der Waals surface area contributed by atoms with Gasteiger partial charge in [-0.2, -0.15) is 0 Å². The second-order valence-corrected chi connectivity index (χ2v) is 10.5. The van der Waals surface area contributed by atoms with Crippen LogP contribution in [-0.4, -0.2) is 58.9 Å². The van der Waals surface area contributed by atoms with Crippen LogP contribution >= 0.6 is 0 Å². The number of nitrogens with one attached hydrogen (secondary N) is 1. The maximum atomic E-state index is 13.7. The molecule has 1 fully saturated rings. The molecular weight excluding hydrogens is 436 g/mol. The highest BCUT2D eigenvalue weighted by molar-refractivity contribution is 6.00. The van der Waals surface area contributed by atoms with Gasteiger partial charge >= 0.3 is 0 Å². The van der Waals surface area contributed by atoms with Crippen molar-refractivity contribution in [1.82, 2.24) is 14.4 Å². The summed E-state index contributed by atoms with van der Waals surface area (Å²) in [4.78, 5) is 29.9. The minimum atomic E-state index is -0.0205. The highest BCUT2D eigenvalue weighted by atomic mass is 16.2. The van der Waals surface area contributed by atoms with Gasteiger partial charge < -0.3 is 19.7 Å². The fourth-order valence-corrected chi connectivity index (χ4v) is 4.67. The van der Waals surface area contributed by atoms with Crippen LogP contribution in [0.25, 0.3) is 10.9 Å². The van der Waals surface area contributed by atoms with Crippen molar-refractivity contribution >= 4 is 28.4 Å². The van der Waals surface area contributed by atoms with Crippen molar-refractivity contribution in [1.29, 1.82) is 0 Å². The summed E-state index contributed by atoms with van der Waals surface area (Å²) in [6.45, 7) is 15.6. The summed E-state index contributed by atoms with van der Waals surface area (Å²) in [7, 11) is 0. The summed E-state index contributed by atoms with van der Waals surface area (Å²) in [6.07, 6.45) is 0.428. The molecule has 2 amide bonds. The van der Waals surface area contributed by atoms with Crippen LogP contribution in [0.15, 0.2) is 48.5 Å². The molecule has 4 rings (SSSR count). The predicted molar refractivity (Wildman–Crippen MR) is 143 cm³/mol. The first-order valence-corrected chi connectivity index (χ1v) is 12.7. The molecule has 0 atom stereocenters. The molecule has 0 bridgehead atoms. The summed E-state index contributed by atoms with van der Waals surface area (Å²) < 4.78 is 2.13. The first kappa shape index (κ1) is 25.0. The molecule has 1 aliphatic rings. The van der Waals surface area contributed by atoms with E-state index in [2.05, 4.69) is 66.7 Å². The SMILES string of the molecule is CCC(=O)Nc1ccc2c(c1)cc(C(=O)N1CCN(CC)CC1)n2Cc1ccc(C(C)(C)C)cc1. The second-order valence-electron chi connectivity index (χ2n) is 10.5. The molecule has 0 spiro atoms. The summed E-state index contributed by atoms with van der Waals surface area (Å²) in [5, 5.41) is 3.90. The quantitative estimate of drug-likeness (QED) is 0.540. The predicted octanol–water partition coefficient (Wildman–Crippen LogP) is 5.11. The second kappa shape index (κ2) is 10.2. The standard InChI is InChI=1S/C29H38N4O2/c1-6-27(34)30-24-12-13-25-22(18-24)19-26(28(35)32-16-14-31(7-2)15-17-32)33(25)20-21-8-10-23(11-9-21)29(3,4)5/h8-13,18-19H,6-7,14-17,20H2,1-5H3,(H,30,34). The third-order valence-electron chi connectivity index (χ3n) is 6.99. The Labute approximate surface area is 208 Å². The number of rotatable bonds is 6. The van der Waals surface area contributed by atoms with Gasteiger partial charge in [0.15, 0.2) is 0 Å². The first-order chi connectivity index (χ1) is 16.7. The Morgan fingerprint density at radius 2 is 1.60 bits per heavy atom. The number of hydrogen-bond acceptors (Lipinski definition) is 3. The van der Waals surface area contributed by atoms with Crippen molar-refractivity contribution in [3.05, 3.63) is 65.4 Å². The third-order valence-corrected chi connectivity index (χ3v) is 6.99. The number of amides is 2. The van der Waals surface area contributed by atoms with Crippen molar-refractivity contribution in [2.24, 2.45) is 0 Å². The van der Waals surface area contributed by atoms with E-state index in [4.69, 9.17) is 0 Å². The Morgan fingerprint density at radius 3 is 2.20 bits per heavy atom. The smallest absolute Gasteiger partial charge is 0.270 e. The summed E-state index contributed by atoms with van der Waals surface area (Å²) in [5.74, 6) is 0.0511. The highest BCUT2D eigenvalue weighted by Crippen LogP contribution is 2.27. The molecule has 35 heavy (non-hydrogen) atoms. The van der Waals surface area contributed by atoms with E-state index in [1.165, 1.54) is 5.56 Å². The van der Waals surface area contributed by atoms with Gasteiger partial charge in [-0.3, -0.25) is 9.59 Å². The van der Waals surface area contributed by atoms with E-state index >= 15 is 0 Å². The lowest BCUT2D eigenvalue weighted by atomic mass is 9.87. The van der Waals surface area contributed by atoms with Crippen LogP contribution in [-0.2, 0) is 16.8 Å². The zero-order valence-electron chi connectivity index (χ0n) is 21.7. The molecule has 186 valence electrons. The lowest BCUT2D eigenvalue weighted by Crippen LogP contribution is -2.48. The van der Waals surface area contributed by atoms with Crippen molar-refractivity contribution in [2.45, 2.75) is 53.0 Å². The number of benzene rings is 2. The van der Waals surface area contributed by atoms with E-state index in [-0.39, 0.29) is 17.2 Å². The number of aromatic nitrogens is 1. The van der Waals surface area contributed by atoms with Crippen LogP contribution in [0.5, 0.6) is 0 Å². The lowest BCUT2D eigenvalue weighted by Gasteiger charge is -2.34. The molecule has 2 aromatic carbocycles. The van der Waals surface area contributed by atoms with E-state index < -0.39 is 0 Å². The van der Waals surface area contributed by atoms with Gasteiger partial charge in [0.05, 0.1) is 0 Å². The summed E-state index contributed by atoms with van der Waals surface area (Å²) in [6, 6.07) is 16.6. The van der Waals surface area contributed by atoms with E-state index in [1.54, 1.807) is 0 Å². The molecule has 6 nitrogen and oxygen atoms in total. The maximum Gasteiger partial charge on any atom is 0.270 e. The Kier molecular flexibility index (Phi) is 7.31. The van der Waals surface area contributed by atoms with Crippen LogP contribution in [0.3, 0.4) is 0 Å². The molecule has 0 unspecified atom stereocenters. The van der Waals surface area contributed by atoms with Crippen LogP contribution in [0, 0.1) is 0 Å². The van der Waals surface area contributed by atoms with E-state index in [0.717, 1.165) is 54.9 Å². The van der Waals surface area contributed by atoms with Crippen molar-refractivity contribution in [3.8, 4) is 0 Å². The van der Waals surface area contributed by atoms with Gasteiger partial charge in [-0.25, -0.2) is 0 Å². The Bertz CT molecular complexity index is 1200. The largest absolute Gasteiger partial charge is 0.335 e. The summed E-state index contributed by atoms with van der Waals surface area (Å²) >= 11 is 0. The van der Waals surface area contributed by atoms with E-state index in [9.17, 15) is 9.59 Å². The van der Waals surface area contributed by atoms with E-state index in [1.807, 2.05) is 36.1 Å². The van der Waals surface area contributed by atoms with Gasteiger partial charge in [0, 0.05) is 55.7 Å².